The van der Waals surface area contributed by atoms with Gasteiger partial charge in [0.2, 0.25) is 0 Å². The standard InChI is InChI=1S/C15H22INO2S/c1-4-9(2)14(15(18)19-3)17-11-6-5-7-12-10(11)8-13(16)20-12/h8-9,11,14,17H,4-7H2,1-3H3. The highest BCUT2D eigenvalue weighted by Gasteiger charge is 2.30. The van der Waals surface area contributed by atoms with Crippen molar-refractivity contribution in [3.8, 4) is 0 Å². The van der Waals surface area contributed by atoms with E-state index in [0.717, 1.165) is 12.8 Å². The number of aryl methyl sites for hydroxylation is 1. The van der Waals surface area contributed by atoms with E-state index >= 15 is 0 Å². The normalized spacial score (nSPS) is 21.1. The fourth-order valence-electron chi connectivity index (χ4n) is 2.74. The van der Waals surface area contributed by atoms with Gasteiger partial charge in [-0.1, -0.05) is 20.3 Å². The molecule has 1 aliphatic carbocycles. The van der Waals surface area contributed by atoms with Gasteiger partial charge in [-0.2, -0.15) is 0 Å². The third-order valence-electron chi connectivity index (χ3n) is 4.13. The van der Waals surface area contributed by atoms with Crippen LogP contribution in [0.4, 0.5) is 0 Å². The lowest BCUT2D eigenvalue weighted by molar-refractivity contribution is -0.144. The van der Waals surface area contributed by atoms with Gasteiger partial charge in [0.1, 0.15) is 6.04 Å². The zero-order chi connectivity index (χ0) is 14.7. The lowest BCUT2D eigenvalue weighted by atomic mass is 9.91. The number of methoxy groups -OCH3 is 1. The summed E-state index contributed by atoms with van der Waals surface area (Å²) in [6.07, 6.45) is 4.43. The molecule has 0 radical (unpaired) electrons. The van der Waals surface area contributed by atoms with Gasteiger partial charge in [-0.05, 0) is 59.4 Å². The number of carbonyl (C=O) groups is 1. The zero-order valence-electron chi connectivity index (χ0n) is 12.2. The van der Waals surface area contributed by atoms with Crippen molar-refractivity contribution >= 4 is 39.9 Å². The minimum Gasteiger partial charge on any atom is -0.468 e. The molecule has 2 rings (SSSR count). The van der Waals surface area contributed by atoms with Crippen LogP contribution in [0.2, 0.25) is 0 Å². The van der Waals surface area contributed by atoms with E-state index < -0.39 is 0 Å². The Morgan fingerprint density at radius 1 is 1.65 bits per heavy atom. The van der Waals surface area contributed by atoms with Crippen LogP contribution in [0.5, 0.6) is 0 Å². The van der Waals surface area contributed by atoms with Gasteiger partial charge in [0.25, 0.3) is 0 Å². The van der Waals surface area contributed by atoms with Gasteiger partial charge >= 0.3 is 5.97 Å². The number of hydrogen-bond donors (Lipinski definition) is 1. The molecular formula is C15H22INO2S. The maximum atomic E-state index is 12.0. The van der Waals surface area contributed by atoms with E-state index in [9.17, 15) is 4.79 Å². The average molecular weight is 407 g/mol. The van der Waals surface area contributed by atoms with Crippen LogP contribution >= 0.6 is 33.9 Å². The van der Waals surface area contributed by atoms with Gasteiger partial charge in [-0.25, -0.2) is 0 Å². The van der Waals surface area contributed by atoms with Gasteiger partial charge in [-0.3, -0.25) is 10.1 Å². The molecule has 1 aromatic rings. The summed E-state index contributed by atoms with van der Waals surface area (Å²) in [6, 6.07) is 2.35. The number of nitrogens with one attached hydrogen (secondary N) is 1. The molecule has 0 saturated heterocycles. The quantitative estimate of drug-likeness (QED) is 0.594. The number of rotatable bonds is 5. The molecule has 1 aliphatic rings. The predicted octanol–water partition coefficient (Wildman–Crippen LogP) is 3.91. The Morgan fingerprint density at radius 2 is 2.40 bits per heavy atom. The first kappa shape index (κ1) is 16.2. The number of hydrogen-bond acceptors (Lipinski definition) is 4. The lowest BCUT2D eigenvalue weighted by Crippen LogP contribution is -2.44. The van der Waals surface area contributed by atoms with Crippen LogP contribution in [0, 0.1) is 8.80 Å². The van der Waals surface area contributed by atoms with Gasteiger partial charge in [0.05, 0.1) is 9.99 Å². The minimum absolute atomic E-state index is 0.142. The second-order valence-corrected chi connectivity index (χ2v) is 8.46. The first-order valence-corrected chi connectivity index (χ1v) is 9.08. The largest absolute Gasteiger partial charge is 0.468 e. The third kappa shape index (κ3) is 3.54. The van der Waals surface area contributed by atoms with Gasteiger partial charge in [-0.15, -0.1) is 11.3 Å². The molecule has 3 unspecified atom stereocenters. The van der Waals surface area contributed by atoms with Crippen LogP contribution in [0.25, 0.3) is 0 Å². The molecule has 0 amide bonds. The van der Waals surface area contributed by atoms with Gasteiger partial charge < -0.3 is 4.74 Å². The zero-order valence-corrected chi connectivity index (χ0v) is 15.2. The Labute approximate surface area is 138 Å². The number of thiophene rings is 1. The van der Waals surface area contributed by atoms with Crippen molar-refractivity contribution in [2.24, 2.45) is 5.92 Å². The van der Waals surface area contributed by atoms with Crippen LogP contribution in [-0.2, 0) is 16.0 Å². The van der Waals surface area contributed by atoms with Crippen molar-refractivity contribution in [3.63, 3.8) is 0 Å². The molecule has 3 nitrogen and oxygen atoms in total. The summed E-state index contributed by atoms with van der Waals surface area (Å²) in [6.45, 7) is 4.22. The summed E-state index contributed by atoms with van der Waals surface area (Å²) in [5.74, 6) is 0.141. The fraction of sp³-hybridized carbons (Fsp3) is 0.667. The fourth-order valence-corrected chi connectivity index (χ4v) is 4.86. The molecule has 112 valence electrons. The highest BCUT2D eigenvalue weighted by atomic mass is 127. The Kier molecular flexibility index (Phi) is 5.86. The second kappa shape index (κ2) is 7.22. The average Bonchev–Trinajstić information content (AvgIpc) is 2.84. The van der Waals surface area contributed by atoms with E-state index in [1.54, 1.807) is 0 Å². The van der Waals surface area contributed by atoms with Crippen LogP contribution in [0.1, 0.15) is 49.6 Å². The first-order chi connectivity index (χ1) is 9.56. The molecule has 0 aromatic carbocycles. The third-order valence-corrected chi connectivity index (χ3v) is 6.10. The molecule has 0 aliphatic heterocycles. The minimum atomic E-state index is -0.210. The molecule has 1 aromatic heterocycles. The molecule has 0 spiro atoms. The lowest BCUT2D eigenvalue weighted by Gasteiger charge is -2.30. The van der Waals surface area contributed by atoms with Crippen LogP contribution in [-0.4, -0.2) is 19.1 Å². The first-order valence-electron chi connectivity index (χ1n) is 7.18. The van der Waals surface area contributed by atoms with Crippen molar-refractivity contribution in [2.45, 2.75) is 51.6 Å². The summed E-state index contributed by atoms with van der Waals surface area (Å²) in [4.78, 5) is 13.5. The van der Waals surface area contributed by atoms with E-state index in [1.807, 2.05) is 11.3 Å². The van der Waals surface area contributed by atoms with Crippen LogP contribution in [0.3, 0.4) is 0 Å². The van der Waals surface area contributed by atoms with Crippen LogP contribution in [0.15, 0.2) is 6.07 Å². The Bertz CT molecular complexity index is 474. The summed E-state index contributed by atoms with van der Waals surface area (Å²) in [7, 11) is 1.47. The number of ether oxygens (including phenoxy) is 1. The highest BCUT2D eigenvalue weighted by molar-refractivity contribution is 14.1. The molecule has 20 heavy (non-hydrogen) atoms. The van der Waals surface area contributed by atoms with E-state index in [4.69, 9.17) is 4.74 Å². The number of halogens is 1. The van der Waals surface area contributed by atoms with Gasteiger partial charge in [0, 0.05) is 10.9 Å². The maximum Gasteiger partial charge on any atom is 0.323 e. The predicted molar refractivity (Wildman–Crippen MR) is 91.1 cm³/mol. The van der Waals surface area contributed by atoms with E-state index in [-0.39, 0.29) is 24.0 Å². The van der Waals surface area contributed by atoms with Gasteiger partial charge in [0.15, 0.2) is 0 Å². The van der Waals surface area contributed by atoms with Crippen molar-refractivity contribution in [1.82, 2.24) is 5.32 Å². The van der Waals surface area contributed by atoms with E-state index in [1.165, 1.54) is 33.3 Å². The second-order valence-electron chi connectivity index (χ2n) is 5.43. The molecule has 5 heteroatoms. The van der Waals surface area contributed by atoms with Crippen molar-refractivity contribution in [3.05, 3.63) is 19.4 Å². The summed E-state index contributed by atoms with van der Waals surface area (Å²) in [5.41, 5.74) is 1.39. The van der Waals surface area contributed by atoms with Crippen molar-refractivity contribution < 1.29 is 9.53 Å². The smallest absolute Gasteiger partial charge is 0.323 e. The molecular weight excluding hydrogens is 385 g/mol. The molecule has 3 atom stereocenters. The molecule has 1 heterocycles. The highest BCUT2D eigenvalue weighted by Crippen LogP contribution is 2.37. The van der Waals surface area contributed by atoms with Crippen molar-refractivity contribution in [2.75, 3.05) is 7.11 Å². The van der Waals surface area contributed by atoms with Crippen LogP contribution < -0.4 is 5.32 Å². The number of esters is 1. The number of fused-ring (bicyclic) bond motifs is 1. The van der Waals surface area contributed by atoms with E-state index in [0.29, 0.717) is 0 Å². The molecule has 1 N–H and O–H groups in total. The Hall–Kier alpha value is -0.140. The molecule has 0 bridgehead atoms. The SMILES string of the molecule is CCC(C)C(NC1CCCc2sc(I)cc21)C(=O)OC. The Morgan fingerprint density at radius 3 is 3.05 bits per heavy atom. The summed E-state index contributed by atoms with van der Waals surface area (Å²) in [5, 5.41) is 3.56. The van der Waals surface area contributed by atoms with Crippen molar-refractivity contribution in [1.29, 1.82) is 0 Å². The Balaban J connectivity index is 2.17. The summed E-state index contributed by atoms with van der Waals surface area (Å²) < 4.78 is 6.30. The molecule has 0 saturated carbocycles. The van der Waals surface area contributed by atoms with E-state index in [2.05, 4.69) is 47.8 Å². The number of carbonyl (C=O) groups excluding carboxylic acids is 1. The maximum absolute atomic E-state index is 12.0. The monoisotopic (exact) mass is 407 g/mol. The summed E-state index contributed by atoms with van der Waals surface area (Å²) >= 11 is 4.26. The molecule has 0 fully saturated rings. The topological polar surface area (TPSA) is 38.3 Å².